The first-order valence-electron chi connectivity index (χ1n) is 8.25. The van der Waals surface area contributed by atoms with Gasteiger partial charge >= 0.3 is 5.97 Å². The number of fused-ring (bicyclic) bond motifs is 2. The minimum absolute atomic E-state index is 0.0465. The summed E-state index contributed by atoms with van der Waals surface area (Å²) in [6.45, 7) is 0.438. The molecule has 2 aromatic carbocycles. The number of hydrogen-bond donors (Lipinski definition) is 1. The number of hydrogen-bond acceptors (Lipinski definition) is 4. The molecule has 0 fully saturated rings. The van der Waals surface area contributed by atoms with Crippen molar-refractivity contribution in [3.05, 3.63) is 89.2 Å². The van der Waals surface area contributed by atoms with Crippen molar-refractivity contribution in [3.8, 4) is 5.75 Å². The number of benzene rings is 2. The molecule has 1 aliphatic rings. The Morgan fingerprint density at radius 3 is 2.81 bits per heavy atom. The van der Waals surface area contributed by atoms with Crippen molar-refractivity contribution in [2.45, 2.75) is 13.0 Å². The average molecular weight is 344 g/mol. The van der Waals surface area contributed by atoms with Crippen molar-refractivity contribution in [1.29, 1.82) is 0 Å². The van der Waals surface area contributed by atoms with Gasteiger partial charge in [-0.1, -0.05) is 30.3 Å². The number of rotatable bonds is 3. The summed E-state index contributed by atoms with van der Waals surface area (Å²) >= 11 is 0. The summed E-state index contributed by atoms with van der Waals surface area (Å²) in [5, 5.41) is 9.12. The Hall–Kier alpha value is -3.47. The van der Waals surface area contributed by atoms with Crippen LogP contribution in [0.2, 0.25) is 0 Å². The Bertz CT molecular complexity index is 997. The Balaban J connectivity index is 1.93. The van der Waals surface area contributed by atoms with Crippen molar-refractivity contribution in [2.75, 3.05) is 0 Å². The molecule has 0 spiro atoms. The summed E-state index contributed by atoms with van der Waals surface area (Å²) < 4.78 is 5.96. The highest BCUT2D eigenvalue weighted by Gasteiger charge is 2.21. The van der Waals surface area contributed by atoms with Gasteiger partial charge in [0.25, 0.3) is 0 Å². The lowest BCUT2D eigenvalue weighted by Crippen LogP contribution is -2.06. The van der Waals surface area contributed by atoms with Crippen LogP contribution in [0.4, 0.5) is 5.69 Å². The largest absolute Gasteiger partial charge is 0.488 e. The number of carboxylic acids is 1. The smallest absolute Gasteiger partial charge is 0.307 e. The third kappa shape index (κ3) is 3.19. The van der Waals surface area contributed by atoms with Crippen molar-refractivity contribution in [2.24, 2.45) is 4.99 Å². The molecule has 0 atom stereocenters. The van der Waals surface area contributed by atoms with Crippen molar-refractivity contribution < 1.29 is 14.6 Å². The van der Waals surface area contributed by atoms with Crippen LogP contribution in [0, 0.1) is 0 Å². The molecule has 1 N–H and O–H groups in total. The lowest BCUT2D eigenvalue weighted by molar-refractivity contribution is -0.136. The van der Waals surface area contributed by atoms with Gasteiger partial charge in [0, 0.05) is 17.3 Å². The molecule has 0 amide bonds. The molecular weight excluding hydrogens is 328 g/mol. The first-order valence-corrected chi connectivity index (χ1v) is 8.25. The molecule has 128 valence electrons. The van der Waals surface area contributed by atoms with Gasteiger partial charge in [0.2, 0.25) is 0 Å². The topological polar surface area (TPSA) is 71.8 Å². The van der Waals surface area contributed by atoms with E-state index in [1.54, 1.807) is 18.5 Å². The van der Waals surface area contributed by atoms with Gasteiger partial charge in [0.1, 0.15) is 12.4 Å². The minimum Gasteiger partial charge on any atom is -0.488 e. The first-order chi connectivity index (χ1) is 12.7. The minimum atomic E-state index is -0.870. The zero-order valence-corrected chi connectivity index (χ0v) is 13.9. The fraction of sp³-hybridized carbons (Fsp3) is 0.0952. The second kappa shape index (κ2) is 6.80. The van der Waals surface area contributed by atoms with E-state index in [9.17, 15) is 4.79 Å². The maximum absolute atomic E-state index is 11.1. The molecule has 4 rings (SSSR count). The Labute approximate surface area is 150 Å². The van der Waals surface area contributed by atoms with Gasteiger partial charge in [0.05, 0.1) is 24.0 Å². The quantitative estimate of drug-likeness (QED) is 0.785. The number of carbonyl (C=O) groups is 1. The number of ether oxygens (including phenoxy) is 1. The van der Waals surface area contributed by atoms with Crippen LogP contribution in [0.1, 0.15) is 22.3 Å². The second-order valence-corrected chi connectivity index (χ2v) is 6.02. The summed E-state index contributed by atoms with van der Waals surface area (Å²) in [5.41, 5.74) is 4.99. The first kappa shape index (κ1) is 16.0. The van der Waals surface area contributed by atoms with Gasteiger partial charge in [-0.15, -0.1) is 0 Å². The van der Waals surface area contributed by atoms with Gasteiger partial charge in [-0.2, -0.15) is 0 Å². The van der Waals surface area contributed by atoms with Crippen LogP contribution in [0.25, 0.3) is 0 Å². The third-order valence-corrected chi connectivity index (χ3v) is 4.20. The maximum atomic E-state index is 11.1. The molecule has 1 aromatic heterocycles. The summed E-state index contributed by atoms with van der Waals surface area (Å²) in [6, 6.07) is 17.1. The number of carboxylic acid groups (broad SMARTS) is 1. The van der Waals surface area contributed by atoms with Crippen LogP contribution < -0.4 is 4.74 Å². The van der Waals surface area contributed by atoms with Crippen molar-refractivity contribution in [1.82, 2.24) is 4.98 Å². The van der Waals surface area contributed by atoms with Crippen LogP contribution >= 0.6 is 0 Å². The molecule has 1 aliphatic heterocycles. The highest BCUT2D eigenvalue weighted by molar-refractivity contribution is 6.16. The highest BCUT2D eigenvalue weighted by Crippen LogP contribution is 2.31. The maximum Gasteiger partial charge on any atom is 0.307 e. The zero-order chi connectivity index (χ0) is 17.9. The van der Waals surface area contributed by atoms with E-state index in [2.05, 4.69) is 4.98 Å². The Kier molecular flexibility index (Phi) is 4.19. The molecule has 5 heteroatoms. The van der Waals surface area contributed by atoms with Crippen LogP contribution in [-0.2, 0) is 17.8 Å². The lowest BCUT2D eigenvalue weighted by Gasteiger charge is -2.11. The molecule has 0 bridgehead atoms. The van der Waals surface area contributed by atoms with E-state index in [0.717, 1.165) is 28.1 Å². The SMILES string of the molecule is O=C(O)Cc1ccc2c(c1)/C(=N\c1cccnc1)c1ccccc1CO2. The molecular formula is C21H16N2O3. The van der Waals surface area contributed by atoms with E-state index in [1.807, 2.05) is 48.5 Å². The normalized spacial score (nSPS) is 14.1. The lowest BCUT2D eigenvalue weighted by atomic mass is 9.96. The summed E-state index contributed by atoms with van der Waals surface area (Å²) in [4.78, 5) is 20.0. The van der Waals surface area contributed by atoms with E-state index >= 15 is 0 Å². The third-order valence-electron chi connectivity index (χ3n) is 4.20. The molecule has 0 aliphatic carbocycles. The molecule has 26 heavy (non-hydrogen) atoms. The Morgan fingerprint density at radius 1 is 1.12 bits per heavy atom. The fourth-order valence-electron chi connectivity index (χ4n) is 3.02. The van der Waals surface area contributed by atoms with Crippen LogP contribution in [0.5, 0.6) is 5.75 Å². The molecule has 0 saturated carbocycles. The monoisotopic (exact) mass is 344 g/mol. The van der Waals surface area contributed by atoms with Crippen molar-refractivity contribution >= 4 is 17.4 Å². The van der Waals surface area contributed by atoms with E-state index in [0.29, 0.717) is 17.9 Å². The van der Waals surface area contributed by atoms with E-state index < -0.39 is 5.97 Å². The van der Waals surface area contributed by atoms with Crippen LogP contribution in [0.15, 0.2) is 72.0 Å². The second-order valence-electron chi connectivity index (χ2n) is 6.02. The average Bonchev–Trinajstić information content (AvgIpc) is 2.80. The number of pyridine rings is 1. The zero-order valence-electron chi connectivity index (χ0n) is 13.9. The van der Waals surface area contributed by atoms with E-state index in [1.165, 1.54) is 0 Å². The molecule has 0 radical (unpaired) electrons. The summed E-state index contributed by atoms with van der Waals surface area (Å²) in [5.74, 6) is -0.177. The standard InChI is InChI=1S/C21H16N2O3/c24-20(25)11-14-7-8-19-18(10-14)21(23-16-5-3-9-22-12-16)17-6-2-1-4-15(17)13-26-19/h1-10,12H,11,13H2,(H,24,25)/b23-21-. The summed E-state index contributed by atoms with van der Waals surface area (Å²) in [7, 11) is 0. The van der Waals surface area contributed by atoms with E-state index in [4.69, 9.17) is 14.8 Å². The Morgan fingerprint density at radius 2 is 2.00 bits per heavy atom. The van der Waals surface area contributed by atoms with Crippen molar-refractivity contribution in [3.63, 3.8) is 0 Å². The molecule has 3 aromatic rings. The van der Waals surface area contributed by atoms with Gasteiger partial charge in [-0.25, -0.2) is 4.99 Å². The molecule has 5 nitrogen and oxygen atoms in total. The number of nitrogens with zero attached hydrogens (tertiary/aromatic N) is 2. The predicted octanol–water partition coefficient (Wildman–Crippen LogP) is 3.77. The number of aliphatic carboxylic acids is 1. The molecule has 0 saturated heterocycles. The van der Waals surface area contributed by atoms with Crippen LogP contribution in [0.3, 0.4) is 0 Å². The van der Waals surface area contributed by atoms with Crippen LogP contribution in [-0.4, -0.2) is 21.8 Å². The van der Waals surface area contributed by atoms with E-state index in [-0.39, 0.29) is 6.42 Å². The van der Waals surface area contributed by atoms with Gasteiger partial charge < -0.3 is 9.84 Å². The highest BCUT2D eigenvalue weighted by atomic mass is 16.5. The molecule has 0 unspecified atom stereocenters. The predicted molar refractivity (Wildman–Crippen MR) is 98.1 cm³/mol. The van der Waals surface area contributed by atoms with Gasteiger partial charge in [0.15, 0.2) is 0 Å². The molecule has 2 heterocycles. The fourth-order valence-corrected chi connectivity index (χ4v) is 3.02. The number of aromatic nitrogens is 1. The summed E-state index contributed by atoms with van der Waals surface area (Å²) in [6.07, 6.45) is 3.35. The number of aliphatic imine (C=N–C) groups is 1. The van der Waals surface area contributed by atoms with Gasteiger partial charge in [-0.3, -0.25) is 9.78 Å². The van der Waals surface area contributed by atoms with Gasteiger partial charge in [-0.05, 0) is 35.4 Å².